The molecule has 0 saturated heterocycles. The van der Waals surface area contributed by atoms with E-state index >= 15 is 0 Å². The maximum absolute atomic E-state index is 13.0. The molecule has 1 amide bonds. The lowest BCUT2D eigenvalue weighted by atomic mass is 10.1. The van der Waals surface area contributed by atoms with Gasteiger partial charge in [-0.1, -0.05) is 24.3 Å². The molecular weight excluding hydrogens is 381 g/mol. The van der Waals surface area contributed by atoms with Gasteiger partial charge in [-0.05, 0) is 65.7 Å². The fraction of sp³-hybridized carbons (Fsp3) is 0.0833. The summed E-state index contributed by atoms with van der Waals surface area (Å²) in [5, 5.41) is 7.10. The van der Waals surface area contributed by atoms with Crippen molar-refractivity contribution in [1.82, 2.24) is 15.1 Å². The van der Waals surface area contributed by atoms with Crippen molar-refractivity contribution in [2.45, 2.75) is 13.1 Å². The van der Waals surface area contributed by atoms with E-state index in [9.17, 15) is 9.18 Å². The van der Waals surface area contributed by atoms with E-state index < -0.39 is 0 Å². The van der Waals surface area contributed by atoms with E-state index in [-0.39, 0.29) is 11.7 Å². The number of aromatic nitrogens is 2. The average molecular weight is 401 g/mol. The van der Waals surface area contributed by atoms with Gasteiger partial charge in [0.05, 0.1) is 6.54 Å². The molecule has 0 fully saturated rings. The van der Waals surface area contributed by atoms with Crippen LogP contribution in [0.5, 0.6) is 11.5 Å². The molecule has 30 heavy (non-hydrogen) atoms. The molecule has 0 aliphatic rings. The van der Waals surface area contributed by atoms with Gasteiger partial charge in [-0.25, -0.2) is 4.39 Å². The SMILES string of the molecule is O=C(NCc1ccc(Oc2ccc(F)cc2)cc1)c1ccc(Cn2cccn2)cc1. The minimum Gasteiger partial charge on any atom is -0.457 e. The molecule has 0 saturated carbocycles. The maximum atomic E-state index is 13.0. The molecule has 0 aliphatic heterocycles. The van der Waals surface area contributed by atoms with Gasteiger partial charge in [0.1, 0.15) is 17.3 Å². The molecule has 0 radical (unpaired) electrons. The molecule has 0 unspecified atom stereocenters. The summed E-state index contributed by atoms with van der Waals surface area (Å²) in [6.07, 6.45) is 3.64. The highest BCUT2D eigenvalue weighted by Crippen LogP contribution is 2.21. The quantitative estimate of drug-likeness (QED) is 0.484. The molecule has 1 heterocycles. The van der Waals surface area contributed by atoms with Crippen molar-refractivity contribution in [3.63, 3.8) is 0 Å². The third kappa shape index (κ3) is 5.11. The smallest absolute Gasteiger partial charge is 0.251 e. The monoisotopic (exact) mass is 401 g/mol. The lowest BCUT2D eigenvalue weighted by Gasteiger charge is -2.09. The maximum Gasteiger partial charge on any atom is 0.251 e. The Bertz CT molecular complexity index is 1090. The Hall–Kier alpha value is -3.93. The zero-order valence-corrected chi connectivity index (χ0v) is 16.2. The average Bonchev–Trinajstić information content (AvgIpc) is 3.28. The Balaban J connectivity index is 1.29. The molecule has 5 nitrogen and oxygen atoms in total. The number of nitrogens with one attached hydrogen (secondary N) is 1. The summed E-state index contributed by atoms with van der Waals surface area (Å²) in [5.41, 5.74) is 2.63. The van der Waals surface area contributed by atoms with Crippen molar-refractivity contribution in [2.75, 3.05) is 0 Å². The van der Waals surface area contributed by atoms with Crippen molar-refractivity contribution in [1.29, 1.82) is 0 Å². The van der Waals surface area contributed by atoms with Crippen LogP contribution in [0.3, 0.4) is 0 Å². The standard InChI is InChI=1S/C24H20FN3O2/c25-21-8-12-23(13-9-21)30-22-10-4-18(5-11-22)16-26-24(29)20-6-2-19(3-7-20)17-28-15-1-14-27-28/h1-15H,16-17H2,(H,26,29). The van der Waals surface area contributed by atoms with Crippen LogP contribution in [0, 0.1) is 5.82 Å². The first kappa shape index (κ1) is 19.4. The van der Waals surface area contributed by atoms with Crippen LogP contribution >= 0.6 is 0 Å². The molecule has 1 aromatic heterocycles. The molecule has 1 N–H and O–H groups in total. The first-order valence-electron chi connectivity index (χ1n) is 9.53. The number of hydrogen-bond donors (Lipinski definition) is 1. The minimum absolute atomic E-state index is 0.132. The van der Waals surface area contributed by atoms with Gasteiger partial charge in [0, 0.05) is 24.5 Å². The highest BCUT2D eigenvalue weighted by atomic mass is 19.1. The second-order valence-corrected chi connectivity index (χ2v) is 6.78. The fourth-order valence-electron chi connectivity index (χ4n) is 2.94. The second kappa shape index (κ2) is 9.05. The molecule has 150 valence electrons. The van der Waals surface area contributed by atoms with Crippen LogP contribution < -0.4 is 10.1 Å². The summed E-state index contributed by atoms with van der Waals surface area (Å²) in [6, 6.07) is 22.6. The van der Waals surface area contributed by atoms with Crippen molar-refractivity contribution in [2.24, 2.45) is 0 Å². The second-order valence-electron chi connectivity index (χ2n) is 6.78. The predicted octanol–water partition coefficient (Wildman–Crippen LogP) is 4.79. The van der Waals surface area contributed by atoms with E-state index in [1.807, 2.05) is 65.5 Å². The van der Waals surface area contributed by atoms with Gasteiger partial charge in [0.25, 0.3) is 5.91 Å². The Kier molecular flexibility index (Phi) is 5.85. The predicted molar refractivity (Wildman–Crippen MR) is 112 cm³/mol. The minimum atomic E-state index is -0.305. The lowest BCUT2D eigenvalue weighted by Crippen LogP contribution is -2.22. The van der Waals surface area contributed by atoms with Crippen LogP contribution in [0.4, 0.5) is 4.39 Å². The Morgan fingerprint density at radius 1 is 0.900 bits per heavy atom. The number of carbonyl (C=O) groups is 1. The molecule has 4 rings (SSSR count). The summed E-state index contributed by atoms with van der Waals surface area (Å²) in [4.78, 5) is 12.4. The van der Waals surface area contributed by atoms with Crippen molar-refractivity contribution < 1.29 is 13.9 Å². The van der Waals surface area contributed by atoms with Gasteiger partial charge >= 0.3 is 0 Å². The van der Waals surface area contributed by atoms with Crippen molar-refractivity contribution in [3.05, 3.63) is 114 Å². The molecule has 4 aromatic rings. The fourth-order valence-corrected chi connectivity index (χ4v) is 2.94. The summed E-state index contributed by atoms with van der Waals surface area (Å²) in [7, 11) is 0. The topological polar surface area (TPSA) is 56.1 Å². The number of rotatable bonds is 7. The molecule has 0 bridgehead atoms. The molecular formula is C24H20FN3O2. The largest absolute Gasteiger partial charge is 0.457 e. The van der Waals surface area contributed by atoms with E-state index in [1.165, 1.54) is 12.1 Å². The first-order valence-corrected chi connectivity index (χ1v) is 9.53. The molecule has 0 spiro atoms. The van der Waals surface area contributed by atoms with E-state index in [4.69, 9.17) is 4.74 Å². The van der Waals surface area contributed by atoms with Gasteiger partial charge in [-0.2, -0.15) is 5.10 Å². The third-order valence-corrected chi connectivity index (χ3v) is 4.55. The van der Waals surface area contributed by atoms with Crippen LogP contribution in [0.1, 0.15) is 21.5 Å². The number of benzene rings is 3. The number of ether oxygens (including phenoxy) is 1. The summed E-state index contributed by atoms with van der Waals surface area (Å²) < 4.78 is 20.5. The van der Waals surface area contributed by atoms with Crippen LogP contribution in [0.15, 0.2) is 91.3 Å². The van der Waals surface area contributed by atoms with Gasteiger partial charge in [0.2, 0.25) is 0 Å². The Morgan fingerprint density at radius 3 is 2.17 bits per heavy atom. The van der Waals surface area contributed by atoms with Crippen LogP contribution in [0.2, 0.25) is 0 Å². The Morgan fingerprint density at radius 2 is 1.53 bits per heavy atom. The van der Waals surface area contributed by atoms with Gasteiger partial charge in [-0.3, -0.25) is 9.48 Å². The van der Waals surface area contributed by atoms with Gasteiger partial charge in [-0.15, -0.1) is 0 Å². The normalized spacial score (nSPS) is 10.6. The highest BCUT2D eigenvalue weighted by Gasteiger charge is 2.06. The zero-order chi connectivity index (χ0) is 20.8. The van der Waals surface area contributed by atoms with E-state index in [0.717, 1.165) is 11.1 Å². The lowest BCUT2D eigenvalue weighted by molar-refractivity contribution is 0.0951. The van der Waals surface area contributed by atoms with E-state index in [1.54, 1.807) is 18.3 Å². The van der Waals surface area contributed by atoms with Crippen molar-refractivity contribution >= 4 is 5.91 Å². The number of nitrogens with zero attached hydrogens (tertiary/aromatic N) is 2. The van der Waals surface area contributed by atoms with E-state index in [2.05, 4.69) is 10.4 Å². The van der Waals surface area contributed by atoms with Gasteiger partial charge in [0.15, 0.2) is 0 Å². The third-order valence-electron chi connectivity index (χ3n) is 4.55. The van der Waals surface area contributed by atoms with Crippen LogP contribution in [-0.4, -0.2) is 15.7 Å². The van der Waals surface area contributed by atoms with Gasteiger partial charge < -0.3 is 10.1 Å². The highest BCUT2D eigenvalue weighted by molar-refractivity contribution is 5.94. The van der Waals surface area contributed by atoms with Crippen LogP contribution in [0.25, 0.3) is 0 Å². The summed E-state index contributed by atoms with van der Waals surface area (Å²) in [5.74, 6) is 0.770. The number of hydrogen-bond acceptors (Lipinski definition) is 3. The molecule has 6 heteroatoms. The molecule has 0 atom stereocenters. The number of amides is 1. The molecule has 0 aliphatic carbocycles. The molecule has 3 aromatic carbocycles. The number of halogens is 1. The number of carbonyl (C=O) groups excluding carboxylic acids is 1. The Labute approximate surface area is 173 Å². The first-order chi connectivity index (χ1) is 14.7. The summed E-state index contributed by atoms with van der Waals surface area (Å²) in [6.45, 7) is 1.08. The zero-order valence-electron chi connectivity index (χ0n) is 16.2. The van der Waals surface area contributed by atoms with Crippen molar-refractivity contribution in [3.8, 4) is 11.5 Å². The summed E-state index contributed by atoms with van der Waals surface area (Å²) >= 11 is 0. The van der Waals surface area contributed by atoms with Crippen LogP contribution in [-0.2, 0) is 13.1 Å². The van der Waals surface area contributed by atoms with E-state index in [0.29, 0.717) is 30.2 Å².